The molecule has 0 saturated heterocycles. The Hall–Kier alpha value is -2.84. The first-order valence-electron chi connectivity index (χ1n) is 7.46. The highest BCUT2D eigenvalue weighted by atomic mass is 16.6. The lowest BCUT2D eigenvalue weighted by Gasteiger charge is -2.20. The van der Waals surface area contributed by atoms with E-state index in [1.807, 2.05) is 39.0 Å². The Kier molecular flexibility index (Phi) is 4.91. The van der Waals surface area contributed by atoms with Gasteiger partial charge in [0.25, 0.3) is 0 Å². The maximum absolute atomic E-state index is 11.2. The molecular weight excluding hydrogens is 306 g/mol. The lowest BCUT2D eigenvalue weighted by atomic mass is 9.85. The first-order valence-corrected chi connectivity index (χ1v) is 7.46. The van der Waals surface area contributed by atoms with Crippen LogP contribution in [0.5, 0.6) is 5.75 Å². The highest BCUT2D eigenvalue weighted by Gasteiger charge is 2.26. The van der Waals surface area contributed by atoms with Crippen LogP contribution in [0.2, 0.25) is 0 Å². The van der Waals surface area contributed by atoms with E-state index in [4.69, 9.17) is 0 Å². The summed E-state index contributed by atoms with van der Waals surface area (Å²) in [6.07, 6.45) is -1.33. The van der Waals surface area contributed by atoms with E-state index in [1.54, 1.807) is 18.2 Å². The molecule has 5 heteroatoms. The molecule has 0 aliphatic carbocycles. The number of nitrogens with zero attached hydrogens (tertiary/aromatic N) is 1. The van der Waals surface area contributed by atoms with Crippen LogP contribution in [0.25, 0.3) is 0 Å². The van der Waals surface area contributed by atoms with Crippen molar-refractivity contribution >= 4 is 5.69 Å². The molecule has 0 heterocycles. The zero-order valence-corrected chi connectivity index (χ0v) is 13.8. The van der Waals surface area contributed by atoms with E-state index in [0.29, 0.717) is 11.1 Å². The molecule has 0 spiro atoms. The van der Waals surface area contributed by atoms with E-state index in [0.717, 1.165) is 0 Å². The van der Waals surface area contributed by atoms with Crippen molar-refractivity contribution < 1.29 is 15.1 Å². The number of phenols is 1. The third-order valence-electron chi connectivity index (χ3n) is 3.60. The second kappa shape index (κ2) is 6.73. The van der Waals surface area contributed by atoms with Gasteiger partial charge in [0, 0.05) is 17.2 Å². The fourth-order valence-electron chi connectivity index (χ4n) is 2.17. The number of hydrogen-bond donors (Lipinski definition) is 2. The third-order valence-corrected chi connectivity index (χ3v) is 3.60. The van der Waals surface area contributed by atoms with E-state index >= 15 is 0 Å². The number of rotatable bonds is 2. The number of nitro groups is 1. The second-order valence-corrected chi connectivity index (χ2v) is 6.48. The number of nitro benzene ring substituents is 1. The van der Waals surface area contributed by atoms with Gasteiger partial charge in [-0.25, -0.2) is 0 Å². The number of aromatic hydroxyl groups is 1. The summed E-state index contributed by atoms with van der Waals surface area (Å²) < 4.78 is 0. The van der Waals surface area contributed by atoms with E-state index in [-0.39, 0.29) is 11.0 Å². The highest BCUT2D eigenvalue weighted by molar-refractivity contribution is 5.56. The van der Waals surface area contributed by atoms with Gasteiger partial charge in [-0.15, -0.1) is 0 Å². The van der Waals surface area contributed by atoms with Gasteiger partial charge in [0.2, 0.25) is 5.75 Å². The van der Waals surface area contributed by atoms with Crippen molar-refractivity contribution in [3.05, 3.63) is 69.3 Å². The van der Waals surface area contributed by atoms with Gasteiger partial charge in [0.05, 0.1) is 4.92 Å². The van der Waals surface area contributed by atoms with Gasteiger partial charge in [-0.1, -0.05) is 50.8 Å². The molecule has 124 valence electrons. The lowest BCUT2D eigenvalue weighted by molar-refractivity contribution is -0.386. The standard InChI is InChI=1S/C19H19NO4/c1-19(2,3)14-11-15(18(22)16(12-14)20(23)24)17(21)10-9-13-7-5-4-6-8-13/h4-8,11-12,17,21-22H,1-3H3. The van der Waals surface area contributed by atoms with Crippen molar-refractivity contribution in [3.63, 3.8) is 0 Å². The molecule has 0 radical (unpaired) electrons. The molecule has 0 amide bonds. The van der Waals surface area contributed by atoms with Crippen LogP contribution in [0.3, 0.4) is 0 Å². The third kappa shape index (κ3) is 3.92. The highest BCUT2D eigenvalue weighted by Crippen LogP contribution is 2.38. The summed E-state index contributed by atoms with van der Waals surface area (Å²) in [4.78, 5) is 10.5. The van der Waals surface area contributed by atoms with Crippen LogP contribution in [0.4, 0.5) is 5.69 Å². The van der Waals surface area contributed by atoms with Crippen LogP contribution in [-0.2, 0) is 5.41 Å². The predicted molar refractivity (Wildman–Crippen MR) is 91.7 cm³/mol. The second-order valence-electron chi connectivity index (χ2n) is 6.48. The maximum atomic E-state index is 11.2. The Balaban J connectivity index is 2.51. The number of phenolic OH excluding ortho intramolecular Hbond substituents is 1. The number of aliphatic hydroxyl groups is 1. The summed E-state index contributed by atoms with van der Waals surface area (Å²) in [6.45, 7) is 5.69. The summed E-state index contributed by atoms with van der Waals surface area (Å²) >= 11 is 0. The molecule has 0 aromatic heterocycles. The smallest absolute Gasteiger partial charge is 0.311 e. The molecule has 2 aromatic rings. The molecule has 5 nitrogen and oxygen atoms in total. The molecule has 2 rings (SSSR count). The fraction of sp³-hybridized carbons (Fsp3) is 0.263. The van der Waals surface area contributed by atoms with Crippen molar-refractivity contribution in [1.29, 1.82) is 0 Å². The van der Waals surface area contributed by atoms with Gasteiger partial charge < -0.3 is 10.2 Å². The van der Waals surface area contributed by atoms with E-state index in [2.05, 4.69) is 11.8 Å². The molecule has 0 saturated carbocycles. The Morgan fingerprint density at radius 1 is 1.17 bits per heavy atom. The van der Waals surface area contributed by atoms with Crippen molar-refractivity contribution in [2.45, 2.75) is 32.3 Å². The zero-order valence-electron chi connectivity index (χ0n) is 13.8. The van der Waals surface area contributed by atoms with Crippen LogP contribution >= 0.6 is 0 Å². The molecular formula is C19H19NO4. The average molecular weight is 325 g/mol. The lowest BCUT2D eigenvalue weighted by Crippen LogP contribution is -2.13. The zero-order chi connectivity index (χ0) is 17.9. The van der Waals surface area contributed by atoms with Crippen LogP contribution in [0.15, 0.2) is 42.5 Å². The van der Waals surface area contributed by atoms with Crippen LogP contribution in [-0.4, -0.2) is 15.1 Å². The Morgan fingerprint density at radius 2 is 1.79 bits per heavy atom. The Labute approximate surface area is 140 Å². The first-order chi connectivity index (χ1) is 11.2. The Morgan fingerprint density at radius 3 is 2.33 bits per heavy atom. The van der Waals surface area contributed by atoms with Gasteiger partial charge in [-0.05, 0) is 29.2 Å². The molecule has 1 atom stereocenters. The molecule has 2 aromatic carbocycles. The minimum Gasteiger partial charge on any atom is -0.502 e. The van der Waals surface area contributed by atoms with Gasteiger partial charge in [-0.3, -0.25) is 10.1 Å². The van der Waals surface area contributed by atoms with Gasteiger partial charge in [-0.2, -0.15) is 0 Å². The van der Waals surface area contributed by atoms with Crippen molar-refractivity contribution in [2.24, 2.45) is 0 Å². The van der Waals surface area contributed by atoms with Gasteiger partial charge in [0.1, 0.15) is 6.10 Å². The molecule has 1 unspecified atom stereocenters. The van der Waals surface area contributed by atoms with Gasteiger partial charge >= 0.3 is 5.69 Å². The predicted octanol–water partition coefficient (Wildman–Crippen LogP) is 3.68. The van der Waals surface area contributed by atoms with E-state index in [9.17, 15) is 20.3 Å². The largest absolute Gasteiger partial charge is 0.502 e. The number of hydrogen-bond acceptors (Lipinski definition) is 4. The summed E-state index contributed by atoms with van der Waals surface area (Å²) in [5.74, 6) is 4.87. The maximum Gasteiger partial charge on any atom is 0.311 e. The SMILES string of the molecule is CC(C)(C)c1cc(C(O)C#Cc2ccccc2)c(O)c([N+](=O)[O-])c1. The minimum atomic E-state index is -1.33. The molecule has 0 aliphatic rings. The minimum absolute atomic E-state index is 0.0394. The number of benzene rings is 2. The van der Waals surface area contributed by atoms with Crippen molar-refractivity contribution in [2.75, 3.05) is 0 Å². The Bertz CT molecular complexity index is 811. The molecule has 0 fully saturated rings. The quantitative estimate of drug-likeness (QED) is 0.501. The van der Waals surface area contributed by atoms with Crippen LogP contribution < -0.4 is 0 Å². The van der Waals surface area contributed by atoms with Crippen molar-refractivity contribution in [3.8, 4) is 17.6 Å². The summed E-state index contributed by atoms with van der Waals surface area (Å²) in [5, 5.41) is 31.6. The first kappa shape index (κ1) is 17.5. The van der Waals surface area contributed by atoms with Crippen LogP contribution in [0, 0.1) is 22.0 Å². The van der Waals surface area contributed by atoms with Crippen molar-refractivity contribution in [1.82, 2.24) is 0 Å². The fourth-order valence-corrected chi connectivity index (χ4v) is 2.17. The number of aliphatic hydroxyl groups excluding tert-OH is 1. The molecule has 2 N–H and O–H groups in total. The average Bonchev–Trinajstić information content (AvgIpc) is 2.52. The monoisotopic (exact) mass is 325 g/mol. The van der Waals surface area contributed by atoms with E-state index < -0.39 is 22.5 Å². The topological polar surface area (TPSA) is 83.6 Å². The summed E-state index contributed by atoms with van der Waals surface area (Å²) in [6, 6.07) is 11.9. The van der Waals surface area contributed by atoms with Crippen LogP contribution in [0.1, 0.15) is 43.6 Å². The normalized spacial score (nSPS) is 12.2. The summed E-state index contributed by atoms with van der Waals surface area (Å²) in [7, 11) is 0. The molecule has 24 heavy (non-hydrogen) atoms. The van der Waals surface area contributed by atoms with E-state index in [1.165, 1.54) is 6.07 Å². The molecule has 0 bridgehead atoms. The van der Waals surface area contributed by atoms with Gasteiger partial charge in [0.15, 0.2) is 0 Å². The molecule has 0 aliphatic heterocycles. The summed E-state index contributed by atoms with van der Waals surface area (Å²) in [5.41, 5.74) is 0.579.